The maximum absolute atomic E-state index is 6.13. The average Bonchev–Trinajstić information content (AvgIpc) is 3.16. The van der Waals surface area contributed by atoms with E-state index in [1.165, 1.54) is 31.2 Å². The highest BCUT2D eigenvalue weighted by molar-refractivity contribution is 5.90. The molecule has 4 nitrogen and oxygen atoms in total. The molecule has 0 spiro atoms. The molecular weight excluding hydrogens is 260 g/mol. The van der Waals surface area contributed by atoms with Gasteiger partial charge in [0.25, 0.3) is 0 Å². The van der Waals surface area contributed by atoms with E-state index in [-0.39, 0.29) is 0 Å². The fourth-order valence-corrected chi connectivity index (χ4v) is 3.43. The van der Waals surface area contributed by atoms with Crippen LogP contribution in [-0.2, 0) is 0 Å². The van der Waals surface area contributed by atoms with Gasteiger partial charge in [-0.2, -0.15) is 0 Å². The van der Waals surface area contributed by atoms with Crippen molar-refractivity contribution in [3.05, 3.63) is 48.4 Å². The third-order valence-corrected chi connectivity index (χ3v) is 4.46. The molecule has 0 bridgehead atoms. The summed E-state index contributed by atoms with van der Waals surface area (Å²) >= 11 is 0. The Morgan fingerprint density at radius 2 is 1.81 bits per heavy atom. The molecule has 1 aromatic carbocycles. The van der Waals surface area contributed by atoms with E-state index < -0.39 is 0 Å². The number of hydrogen-bond donors (Lipinski definition) is 1. The second-order valence-electron chi connectivity index (χ2n) is 5.73. The average molecular weight is 278 g/mol. The molecule has 3 aromatic rings. The lowest BCUT2D eigenvalue weighted by atomic mass is 10.00. The highest BCUT2D eigenvalue weighted by atomic mass is 15.0. The van der Waals surface area contributed by atoms with Gasteiger partial charge in [-0.15, -0.1) is 0 Å². The van der Waals surface area contributed by atoms with Crippen LogP contribution < -0.4 is 5.73 Å². The lowest BCUT2D eigenvalue weighted by molar-refractivity contribution is 0.726. The summed E-state index contributed by atoms with van der Waals surface area (Å²) < 4.78 is 2.14. The normalized spacial score (nSPS) is 15.8. The summed E-state index contributed by atoms with van der Waals surface area (Å²) in [5.41, 5.74) is 10.5. The van der Waals surface area contributed by atoms with Crippen molar-refractivity contribution >= 4 is 16.9 Å². The maximum Gasteiger partial charge on any atom is 0.151 e. The Morgan fingerprint density at radius 3 is 2.57 bits per heavy atom. The number of rotatable bonds is 2. The fraction of sp³-hybridized carbons (Fsp3) is 0.294. The Hall–Kier alpha value is -2.36. The first-order valence-corrected chi connectivity index (χ1v) is 7.51. The molecule has 2 heterocycles. The Kier molecular flexibility index (Phi) is 2.88. The zero-order valence-corrected chi connectivity index (χ0v) is 11.9. The minimum Gasteiger partial charge on any atom is -0.382 e. The van der Waals surface area contributed by atoms with Gasteiger partial charge in [-0.25, -0.2) is 9.97 Å². The summed E-state index contributed by atoms with van der Waals surface area (Å²) in [7, 11) is 0. The van der Waals surface area contributed by atoms with Gasteiger partial charge in [0.05, 0.1) is 5.52 Å². The van der Waals surface area contributed by atoms with Gasteiger partial charge < -0.3 is 10.3 Å². The lowest BCUT2D eigenvalue weighted by Gasteiger charge is -2.06. The number of fused-ring (bicyclic) bond motifs is 1. The van der Waals surface area contributed by atoms with E-state index in [2.05, 4.69) is 32.9 Å². The molecule has 0 atom stereocenters. The van der Waals surface area contributed by atoms with Crippen molar-refractivity contribution in [1.82, 2.24) is 14.5 Å². The van der Waals surface area contributed by atoms with Crippen LogP contribution in [0.25, 0.3) is 16.7 Å². The first kappa shape index (κ1) is 12.4. The predicted octanol–water partition coefficient (Wildman–Crippen LogP) is 3.66. The standard InChI is InChI=1S/C17H18N4/c18-17-16-15(19-11-20-17)14(12-6-4-5-7-12)10-21(16)13-8-2-1-3-9-13/h1-3,8-12H,4-7H2,(H2,18,19,20). The second kappa shape index (κ2) is 4.88. The number of nitrogens with zero attached hydrogens (tertiary/aromatic N) is 3. The summed E-state index contributed by atoms with van der Waals surface area (Å²) in [5, 5.41) is 0. The largest absolute Gasteiger partial charge is 0.382 e. The van der Waals surface area contributed by atoms with Gasteiger partial charge in [0.1, 0.15) is 11.8 Å². The molecule has 1 saturated carbocycles. The number of nitrogen functional groups attached to an aromatic ring is 1. The number of benzene rings is 1. The van der Waals surface area contributed by atoms with Crippen molar-refractivity contribution in [3.63, 3.8) is 0 Å². The molecule has 4 heteroatoms. The van der Waals surface area contributed by atoms with Crippen LogP contribution in [0.5, 0.6) is 0 Å². The quantitative estimate of drug-likeness (QED) is 0.778. The van der Waals surface area contributed by atoms with Crippen molar-refractivity contribution in [2.45, 2.75) is 31.6 Å². The molecule has 1 aliphatic rings. The van der Waals surface area contributed by atoms with Crippen molar-refractivity contribution in [3.8, 4) is 5.69 Å². The van der Waals surface area contributed by atoms with Gasteiger partial charge in [0, 0.05) is 11.9 Å². The molecule has 0 saturated heterocycles. The number of hydrogen-bond acceptors (Lipinski definition) is 3. The third kappa shape index (κ3) is 1.98. The van der Waals surface area contributed by atoms with Crippen LogP contribution in [0, 0.1) is 0 Å². The van der Waals surface area contributed by atoms with E-state index in [9.17, 15) is 0 Å². The molecule has 0 aliphatic heterocycles. The summed E-state index contributed by atoms with van der Waals surface area (Å²) in [4.78, 5) is 8.70. The molecule has 0 unspecified atom stereocenters. The van der Waals surface area contributed by atoms with Gasteiger partial charge in [0.2, 0.25) is 0 Å². The van der Waals surface area contributed by atoms with Gasteiger partial charge in [0.15, 0.2) is 5.82 Å². The zero-order valence-electron chi connectivity index (χ0n) is 11.9. The van der Waals surface area contributed by atoms with Crippen LogP contribution in [0.1, 0.15) is 37.2 Å². The third-order valence-electron chi connectivity index (χ3n) is 4.46. The molecule has 2 N–H and O–H groups in total. The number of nitrogens with two attached hydrogens (primary N) is 1. The molecule has 21 heavy (non-hydrogen) atoms. The van der Waals surface area contributed by atoms with Crippen LogP contribution in [0.4, 0.5) is 5.82 Å². The molecule has 1 fully saturated rings. The predicted molar refractivity (Wildman–Crippen MR) is 84.5 cm³/mol. The number of anilines is 1. The van der Waals surface area contributed by atoms with Gasteiger partial charge in [-0.05, 0) is 36.5 Å². The van der Waals surface area contributed by atoms with Crippen molar-refractivity contribution in [2.75, 3.05) is 5.73 Å². The number of para-hydroxylation sites is 1. The molecule has 106 valence electrons. The van der Waals surface area contributed by atoms with Crippen LogP contribution >= 0.6 is 0 Å². The Bertz CT molecular complexity index is 770. The van der Waals surface area contributed by atoms with E-state index in [1.54, 1.807) is 6.33 Å². The molecule has 0 amide bonds. The summed E-state index contributed by atoms with van der Waals surface area (Å²) in [6, 6.07) is 10.3. The molecule has 4 rings (SSSR count). The highest BCUT2D eigenvalue weighted by Crippen LogP contribution is 2.39. The van der Waals surface area contributed by atoms with Crippen molar-refractivity contribution in [2.24, 2.45) is 0 Å². The molecule has 0 radical (unpaired) electrons. The second-order valence-corrected chi connectivity index (χ2v) is 5.73. The monoisotopic (exact) mass is 278 g/mol. The van der Waals surface area contributed by atoms with Gasteiger partial charge >= 0.3 is 0 Å². The minimum absolute atomic E-state index is 0.549. The Balaban J connectivity index is 1.98. The Morgan fingerprint density at radius 1 is 1.05 bits per heavy atom. The highest BCUT2D eigenvalue weighted by Gasteiger charge is 2.23. The molecule has 2 aromatic heterocycles. The number of aromatic nitrogens is 3. The summed E-state index contributed by atoms with van der Waals surface area (Å²) in [5.74, 6) is 1.15. The van der Waals surface area contributed by atoms with Crippen molar-refractivity contribution in [1.29, 1.82) is 0 Å². The van der Waals surface area contributed by atoms with E-state index >= 15 is 0 Å². The topological polar surface area (TPSA) is 56.7 Å². The summed E-state index contributed by atoms with van der Waals surface area (Å²) in [6.45, 7) is 0. The van der Waals surface area contributed by atoms with E-state index in [1.807, 2.05) is 18.2 Å². The van der Waals surface area contributed by atoms with Crippen LogP contribution in [0.2, 0.25) is 0 Å². The first-order valence-electron chi connectivity index (χ1n) is 7.51. The van der Waals surface area contributed by atoms with Crippen molar-refractivity contribution < 1.29 is 0 Å². The molecular formula is C17H18N4. The Labute approximate surface area is 123 Å². The minimum atomic E-state index is 0.549. The van der Waals surface area contributed by atoms with Crippen LogP contribution in [-0.4, -0.2) is 14.5 Å². The fourth-order valence-electron chi connectivity index (χ4n) is 3.43. The van der Waals surface area contributed by atoms with E-state index in [0.717, 1.165) is 16.7 Å². The SMILES string of the molecule is Nc1ncnc2c(C3CCCC3)cn(-c3ccccc3)c12. The zero-order chi connectivity index (χ0) is 14.2. The van der Waals surface area contributed by atoms with Crippen LogP contribution in [0.15, 0.2) is 42.9 Å². The van der Waals surface area contributed by atoms with Gasteiger partial charge in [-0.1, -0.05) is 31.0 Å². The smallest absolute Gasteiger partial charge is 0.151 e. The van der Waals surface area contributed by atoms with E-state index in [0.29, 0.717) is 11.7 Å². The molecule has 1 aliphatic carbocycles. The lowest BCUT2D eigenvalue weighted by Crippen LogP contribution is -1.98. The van der Waals surface area contributed by atoms with Gasteiger partial charge in [-0.3, -0.25) is 0 Å². The maximum atomic E-state index is 6.13. The first-order chi connectivity index (χ1) is 10.3. The van der Waals surface area contributed by atoms with Crippen LogP contribution in [0.3, 0.4) is 0 Å². The van der Waals surface area contributed by atoms with E-state index in [4.69, 9.17) is 5.73 Å². The summed E-state index contributed by atoms with van der Waals surface area (Å²) in [6.07, 6.45) is 8.90.